The monoisotopic (exact) mass is 411 g/mol. The number of likely N-dealkylation sites (tertiary alicyclic amines) is 1. The minimum absolute atomic E-state index is 0.0113. The molecule has 7 atom stereocenters. The number of aliphatic hydroxyl groups is 1. The van der Waals surface area contributed by atoms with E-state index in [0.29, 0.717) is 6.04 Å². The van der Waals surface area contributed by atoms with Crippen molar-refractivity contribution in [3.63, 3.8) is 0 Å². The van der Waals surface area contributed by atoms with Gasteiger partial charge in [0.15, 0.2) is 0 Å². The molecule has 4 aliphatic carbocycles. The first-order valence-electron chi connectivity index (χ1n) is 12.0. The quantitative estimate of drug-likeness (QED) is 0.813. The van der Waals surface area contributed by atoms with E-state index in [-0.39, 0.29) is 22.9 Å². The van der Waals surface area contributed by atoms with Gasteiger partial charge in [-0.2, -0.15) is 0 Å². The predicted molar refractivity (Wildman–Crippen MR) is 117 cm³/mol. The van der Waals surface area contributed by atoms with Crippen LogP contribution in [0.2, 0.25) is 0 Å². The van der Waals surface area contributed by atoms with Gasteiger partial charge in [0, 0.05) is 35.5 Å². The summed E-state index contributed by atoms with van der Waals surface area (Å²) in [6.07, 6.45) is 7.29. The smallest absolute Gasteiger partial charge is 0.138 e. The lowest BCUT2D eigenvalue weighted by Gasteiger charge is -2.74. The fourth-order valence-corrected chi connectivity index (χ4v) is 9.24. The second-order valence-corrected chi connectivity index (χ2v) is 11.3. The second kappa shape index (κ2) is 5.82. The number of methoxy groups -OCH3 is 1. The Hall–Kier alpha value is -1.10. The molecular formula is C26H37NO3. The van der Waals surface area contributed by atoms with Crippen LogP contribution in [0.1, 0.15) is 69.1 Å². The van der Waals surface area contributed by atoms with Crippen molar-refractivity contribution in [1.29, 1.82) is 0 Å². The molecule has 2 spiro atoms. The zero-order valence-corrected chi connectivity index (χ0v) is 19.3. The molecule has 4 heteroatoms. The largest absolute Gasteiger partial charge is 0.486 e. The molecule has 3 saturated carbocycles. The summed E-state index contributed by atoms with van der Waals surface area (Å²) in [5.41, 5.74) is 3.32. The van der Waals surface area contributed by atoms with Crippen LogP contribution in [0.5, 0.6) is 5.75 Å². The van der Waals surface area contributed by atoms with Crippen LogP contribution in [0.4, 0.5) is 0 Å². The minimum Gasteiger partial charge on any atom is -0.486 e. The molecule has 0 amide bonds. The highest BCUT2D eigenvalue weighted by Crippen LogP contribution is 2.77. The number of nitrogens with zero attached hydrogens (tertiary/aromatic N) is 1. The van der Waals surface area contributed by atoms with Gasteiger partial charge in [0.05, 0.1) is 5.60 Å². The topological polar surface area (TPSA) is 41.9 Å². The molecule has 0 radical (unpaired) electrons. The van der Waals surface area contributed by atoms with Crippen LogP contribution >= 0.6 is 0 Å². The highest BCUT2D eigenvalue weighted by Gasteiger charge is 2.81. The van der Waals surface area contributed by atoms with Crippen molar-refractivity contribution in [2.45, 2.75) is 94.5 Å². The lowest BCUT2D eigenvalue weighted by atomic mass is 9.33. The van der Waals surface area contributed by atoms with E-state index in [1.165, 1.54) is 23.1 Å². The highest BCUT2D eigenvalue weighted by atomic mass is 16.6. The van der Waals surface area contributed by atoms with Gasteiger partial charge in [0.2, 0.25) is 0 Å². The van der Waals surface area contributed by atoms with Crippen LogP contribution in [0.25, 0.3) is 0 Å². The second-order valence-electron chi connectivity index (χ2n) is 11.3. The molecule has 4 fully saturated rings. The minimum atomic E-state index is -0.736. The summed E-state index contributed by atoms with van der Waals surface area (Å²) < 4.78 is 13.5. The van der Waals surface area contributed by atoms with Crippen molar-refractivity contribution < 1.29 is 14.6 Å². The van der Waals surface area contributed by atoms with Gasteiger partial charge in [-0.3, -0.25) is 0 Å². The maximum atomic E-state index is 11.8. The number of hydrogen-bond acceptors (Lipinski definition) is 4. The number of piperidine rings is 1. The molecular weight excluding hydrogens is 374 g/mol. The van der Waals surface area contributed by atoms with Gasteiger partial charge in [-0.1, -0.05) is 25.5 Å². The molecule has 30 heavy (non-hydrogen) atoms. The van der Waals surface area contributed by atoms with Gasteiger partial charge in [-0.25, -0.2) is 0 Å². The lowest BCUT2D eigenvalue weighted by molar-refractivity contribution is -0.301. The molecule has 2 aliphatic heterocycles. The zero-order valence-electron chi connectivity index (χ0n) is 19.3. The van der Waals surface area contributed by atoms with E-state index in [1.54, 1.807) is 0 Å². The van der Waals surface area contributed by atoms with Crippen molar-refractivity contribution in [1.82, 2.24) is 4.90 Å². The fraction of sp³-hybridized carbons (Fsp3) is 0.769. The SMILES string of the molecule is CCC[C@](C)(O)C1C[C@@]23CC[C@@]1(OC)[C@@H]1Oc4c(C)ccc5c4[C@@]12CCN(C)[C@@H]3C5. The molecule has 1 unspecified atom stereocenters. The summed E-state index contributed by atoms with van der Waals surface area (Å²) in [7, 11) is 4.20. The standard InChI is InChI=1S/C26H37NO3/c1-6-9-23(3,28)18-15-24-10-11-26(18,29-5)22-25(24)12-13-27(4)19(24)14-17-8-7-16(2)21(30-22)20(17)25/h7-8,18-19,22,28H,6,9-15H2,1-5H3/t18?,19-,22-,23+,24-,25+,26+/m1/s1. The van der Waals surface area contributed by atoms with E-state index in [0.717, 1.165) is 50.8 Å². The van der Waals surface area contributed by atoms with Gasteiger partial charge in [0.25, 0.3) is 0 Å². The average molecular weight is 412 g/mol. The summed E-state index contributed by atoms with van der Waals surface area (Å²) >= 11 is 0. The number of rotatable bonds is 4. The third-order valence-electron chi connectivity index (χ3n) is 10.4. The van der Waals surface area contributed by atoms with E-state index < -0.39 is 11.2 Å². The number of hydrogen-bond donors (Lipinski definition) is 1. The summed E-state index contributed by atoms with van der Waals surface area (Å²) in [6, 6.07) is 5.14. The van der Waals surface area contributed by atoms with Gasteiger partial charge in [-0.05, 0) is 77.1 Å². The van der Waals surface area contributed by atoms with Crippen LogP contribution in [-0.2, 0) is 16.6 Å². The Balaban J connectivity index is 1.64. The third kappa shape index (κ3) is 1.88. The van der Waals surface area contributed by atoms with Gasteiger partial charge in [-0.15, -0.1) is 0 Å². The molecule has 164 valence electrons. The first-order chi connectivity index (χ1) is 14.3. The number of benzene rings is 1. The molecule has 6 aliphatic rings. The van der Waals surface area contributed by atoms with Gasteiger partial charge >= 0.3 is 0 Å². The van der Waals surface area contributed by atoms with E-state index >= 15 is 0 Å². The lowest BCUT2D eigenvalue weighted by Crippen LogP contribution is -2.82. The molecule has 4 nitrogen and oxygen atoms in total. The molecule has 0 aromatic heterocycles. The van der Waals surface area contributed by atoms with E-state index in [2.05, 4.69) is 44.9 Å². The number of aryl methyl sites for hydroxylation is 1. The molecule has 7 rings (SSSR count). The van der Waals surface area contributed by atoms with Crippen molar-refractivity contribution in [3.05, 3.63) is 28.8 Å². The molecule has 1 N–H and O–H groups in total. The number of fused-ring (bicyclic) bond motifs is 2. The van der Waals surface area contributed by atoms with Crippen molar-refractivity contribution >= 4 is 0 Å². The Morgan fingerprint density at radius 2 is 2.10 bits per heavy atom. The summed E-state index contributed by atoms with van der Waals surface area (Å²) in [5.74, 6) is 1.25. The first-order valence-corrected chi connectivity index (χ1v) is 12.0. The Labute approximate surface area is 180 Å². The van der Waals surface area contributed by atoms with Crippen LogP contribution in [-0.4, -0.2) is 54.1 Å². The molecule has 2 heterocycles. The van der Waals surface area contributed by atoms with Crippen molar-refractivity contribution in [3.8, 4) is 5.75 Å². The Bertz CT molecular complexity index is 912. The fourth-order valence-electron chi connectivity index (χ4n) is 9.24. The number of ether oxygens (including phenoxy) is 2. The summed E-state index contributed by atoms with van der Waals surface area (Å²) in [5, 5.41) is 11.8. The Kier molecular flexibility index (Phi) is 3.80. The van der Waals surface area contributed by atoms with Crippen LogP contribution in [0, 0.1) is 18.3 Å². The van der Waals surface area contributed by atoms with Crippen molar-refractivity contribution in [2.75, 3.05) is 20.7 Å². The number of likely N-dealkylation sites (N-methyl/N-ethyl adjacent to an activating group) is 1. The highest BCUT2D eigenvalue weighted by molar-refractivity contribution is 5.61. The third-order valence-corrected chi connectivity index (χ3v) is 10.4. The zero-order chi connectivity index (χ0) is 21.1. The van der Waals surface area contributed by atoms with Crippen molar-refractivity contribution in [2.24, 2.45) is 11.3 Å². The maximum Gasteiger partial charge on any atom is 0.138 e. The Morgan fingerprint density at radius 3 is 2.83 bits per heavy atom. The maximum absolute atomic E-state index is 11.8. The average Bonchev–Trinajstić information content (AvgIpc) is 3.09. The summed E-state index contributed by atoms with van der Waals surface area (Å²) in [6.45, 7) is 7.56. The van der Waals surface area contributed by atoms with Gasteiger partial charge in [0.1, 0.15) is 17.5 Å². The predicted octanol–water partition coefficient (Wildman–Crippen LogP) is 3.99. The molecule has 1 saturated heterocycles. The molecule has 1 aromatic carbocycles. The normalized spacial score (nSPS) is 45.1. The van der Waals surface area contributed by atoms with Crippen LogP contribution < -0.4 is 4.74 Å². The van der Waals surface area contributed by atoms with E-state index in [4.69, 9.17) is 9.47 Å². The van der Waals surface area contributed by atoms with Crippen LogP contribution in [0.3, 0.4) is 0 Å². The first kappa shape index (κ1) is 19.6. The van der Waals surface area contributed by atoms with Crippen LogP contribution in [0.15, 0.2) is 12.1 Å². The van der Waals surface area contributed by atoms with E-state index in [9.17, 15) is 5.11 Å². The van der Waals surface area contributed by atoms with Gasteiger partial charge < -0.3 is 19.5 Å². The van der Waals surface area contributed by atoms with E-state index in [1.807, 2.05) is 7.11 Å². The molecule has 4 bridgehead atoms. The summed E-state index contributed by atoms with van der Waals surface area (Å²) in [4.78, 5) is 2.62. The molecule has 1 aromatic rings. The Morgan fingerprint density at radius 1 is 1.30 bits per heavy atom.